The lowest BCUT2D eigenvalue weighted by Crippen LogP contribution is -2.34. The Labute approximate surface area is 139 Å². The Hall–Kier alpha value is -2.83. The number of fused-ring (bicyclic) bond motifs is 1. The number of hydrogen-bond donors (Lipinski definition) is 2. The summed E-state index contributed by atoms with van der Waals surface area (Å²) in [4.78, 5) is 24.3. The molecule has 0 unspecified atom stereocenters. The summed E-state index contributed by atoms with van der Waals surface area (Å²) in [6, 6.07) is 5.10. The molecule has 2 aromatic rings. The Morgan fingerprint density at radius 3 is 2.83 bits per heavy atom. The minimum atomic E-state index is -0.536. The Morgan fingerprint density at radius 1 is 1.38 bits per heavy atom. The molecule has 1 aliphatic rings. The lowest BCUT2D eigenvalue weighted by Gasteiger charge is -2.23. The van der Waals surface area contributed by atoms with Crippen LogP contribution in [0.5, 0.6) is 5.75 Å². The molecule has 1 aromatic heterocycles. The summed E-state index contributed by atoms with van der Waals surface area (Å²) in [5.74, 6) is 0.652. The Balaban J connectivity index is 1.85. The molecule has 0 saturated carbocycles. The molecule has 0 fully saturated rings. The summed E-state index contributed by atoms with van der Waals surface area (Å²) in [6.07, 6.45) is -0.536. The predicted octanol–water partition coefficient (Wildman–Crippen LogP) is 3.08. The average Bonchev–Trinajstić information content (AvgIpc) is 2.91. The van der Waals surface area contributed by atoms with Crippen LogP contribution in [0.1, 0.15) is 48.5 Å². The van der Waals surface area contributed by atoms with Crippen LogP contribution in [0.3, 0.4) is 0 Å². The van der Waals surface area contributed by atoms with E-state index in [1.54, 1.807) is 32.0 Å². The molecule has 24 heavy (non-hydrogen) atoms. The van der Waals surface area contributed by atoms with Gasteiger partial charge in [-0.3, -0.25) is 9.59 Å². The maximum Gasteiger partial charge on any atom is 0.265 e. The average molecular weight is 329 g/mol. The number of ether oxygens (including phenoxy) is 1. The van der Waals surface area contributed by atoms with Crippen LogP contribution in [-0.4, -0.2) is 23.1 Å². The minimum Gasteiger partial charge on any atom is -0.479 e. The number of nitrogens with one attached hydrogen (secondary N) is 2. The van der Waals surface area contributed by atoms with E-state index in [0.717, 1.165) is 0 Å². The van der Waals surface area contributed by atoms with Gasteiger partial charge in [-0.15, -0.1) is 0 Å². The van der Waals surface area contributed by atoms with Crippen molar-refractivity contribution >= 4 is 23.2 Å². The maximum atomic E-state index is 12.6. The second-order valence-corrected chi connectivity index (χ2v) is 6.08. The summed E-state index contributed by atoms with van der Waals surface area (Å²) in [5, 5.41) is 9.44. The zero-order valence-electron chi connectivity index (χ0n) is 14.0. The molecule has 2 heterocycles. The van der Waals surface area contributed by atoms with E-state index in [2.05, 4.69) is 15.8 Å². The van der Waals surface area contributed by atoms with Gasteiger partial charge in [0.15, 0.2) is 11.9 Å². The van der Waals surface area contributed by atoms with Crippen LogP contribution < -0.4 is 15.4 Å². The molecule has 0 saturated heterocycles. The molecule has 1 aromatic carbocycles. The highest BCUT2D eigenvalue weighted by atomic mass is 16.5. The molecule has 2 N–H and O–H groups in total. The SMILES string of the molecule is Cc1noc(C(C)C)c1C(=O)Nc1ccc2c(c1)NC(=O)[C@@H](C)O2. The third kappa shape index (κ3) is 2.84. The summed E-state index contributed by atoms with van der Waals surface area (Å²) < 4.78 is 10.7. The van der Waals surface area contributed by atoms with Gasteiger partial charge in [0.2, 0.25) is 0 Å². The molecular weight excluding hydrogens is 310 g/mol. The van der Waals surface area contributed by atoms with E-state index in [1.807, 2.05) is 13.8 Å². The van der Waals surface area contributed by atoms with Gasteiger partial charge in [0.1, 0.15) is 11.3 Å². The number of benzene rings is 1. The van der Waals surface area contributed by atoms with E-state index in [0.29, 0.717) is 34.1 Å². The molecule has 0 spiro atoms. The van der Waals surface area contributed by atoms with Crippen LogP contribution in [-0.2, 0) is 4.79 Å². The number of hydrogen-bond acceptors (Lipinski definition) is 5. The predicted molar refractivity (Wildman–Crippen MR) is 88.4 cm³/mol. The van der Waals surface area contributed by atoms with Crippen molar-refractivity contribution in [3.8, 4) is 5.75 Å². The van der Waals surface area contributed by atoms with Gasteiger partial charge in [-0.1, -0.05) is 19.0 Å². The number of rotatable bonds is 3. The lowest BCUT2D eigenvalue weighted by atomic mass is 10.0. The van der Waals surface area contributed by atoms with E-state index >= 15 is 0 Å². The first-order chi connectivity index (χ1) is 11.4. The van der Waals surface area contributed by atoms with Gasteiger partial charge >= 0.3 is 0 Å². The van der Waals surface area contributed by atoms with Crippen molar-refractivity contribution < 1.29 is 18.8 Å². The number of carbonyl (C=O) groups excluding carboxylic acids is 2. The fourth-order valence-electron chi connectivity index (χ4n) is 2.54. The fourth-order valence-corrected chi connectivity index (χ4v) is 2.54. The van der Waals surface area contributed by atoms with Crippen LogP contribution in [0, 0.1) is 6.92 Å². The van der Waals surface area contributed by atoms with E-state index in [9.17, 15) is 9.59 Å². The number of aromatic nitrogens is 1. The third-order valence-corrected chi connectivity index (χ3v) is 3.81. The zero-order valence-corrected chi connectivity index (χ0v) is 14.0. The normalized spacial score (nSPS) is 16.4. The molecular formula is C17H19N3O4. The van der Waals surface area contributed by atoms with E-state index in [-0.39, 0.29) is 17.7 Å². The lowest BCUT2D eigenvalue weighted by molar-refractivity contribution is -0.122. The number of carbonyl (C=O) groups is 2. The van der Waals surface area contributed by atoms with Crippen molar-refractivity contribution in [2.75, 3.05) is 10.6 Å². The van der Waals surface area contributed by atoms with E-state index in [4.69, 9.17) is 9.26 Å². The molecule has 0 bridgehead atoms. The van der Waals surface area contributed by atoms with Gasteiger partial charge in [0.05, 0.1) is 11.4 Å². The molecule has 7 heteroatoms. The summed E-state index contributed by atoms with van der Waals surface area (Å²) in [5.41, 5.74) is 2.06. The number of aryl methyl sites for hydroxylation is 1. The number of nitrogens with zero attached hydrogens (tertiary/aromatic N) is 1. The molecule has 7 nitrogen and oxygen atoms in total. The molecule has 3 rings (SSSR count). The zero-order chi connectivity index (χ0) is 17.4. The van der Waals surface area contributed by atoms with Crippen molar-refractivity contribution in [1.82, 2.24) is 5.16 Å². The van der Waals surface area contributed by atoms with Gasteiger partial charge in [0, 0.05) is 11.6 Å². The second-order valence-electron chi connectivity index (χ2n) is 6.08. The van der Waals surface area contributed by atoms with Crippen LogP contribution >= 0.6 is 0 Å². The van der Waals surface area contributed by atoms with Gasteiger partial charge in [-0.05, 0) is 32.0 Å². The third-order valence-electron chi connectivity index (χ3n) is 3.81. The van der Waals surface area contributed by atoms with Crippen molar-refractivity contribution in [2.45, 2.75) is 39.7 Å². The largest absolute Gasteiger partial charge is 0.479 e. The van der Waals surface area contributed by atoms with Gasteiger partial charge in [-0.2, -0.15) is 0 Å². The first-order valence-electron chi connectivity index (χ1n) is 7.76. The van der Waals surface area contributed by atoms with Crippen molar-refractivity contribution in [1.29, 1.82) is 0 Å². The Kier molecular flexibility index (Phi) is 4.01. The topological polar surface area (TPSA) is 93.5 Å². The smallest absolute Gasteiger partial charge is 0.265 e. The Morgan fingerprint density at radius 2 is 2.12 bits per heavy atom. The van der Waals surface area contributed by atoms with Crippen LogP contribution in [0.15, 0.2) is 22.7 Å². The summed E-state index contributed by atoms with van der Waals surface area (Å²) in [7, 11) is 0. The molecule has 126 valence electrons. The molecule has 2 amide bonds. The van der Waals surface area contributed by atoms with Crippen molar-refractivity contribution in [3.63, 3.8) is 0 Å². The first-order valence-corrected chi connectivity index (χ1v) is 7.76. The van der Waals surface area contributed by atoms with E-state index < -0.39 is 6.10 Å². The van der Waals surface area contributed by atoms with Gasteiger partial charge in [0.25, 0.3) is 11.8 Å². The van der Waals surface area contributed by atoms with Crippen molar-refractivity contribution in [2.24, 2.45) is 0 Å². The molecule has 0 aliphatic carbocycles. The van der Waals surface area contributed by atoms with Gasteiger partial charge in [-0.25, -0.2) is 0 Å². The molecule has 1 aliphatic heterocycles. The minimum absolute atomic E-state index is 0.0460. The highest BCUT2D eigenvalue weighted by molar-refractivity contribution is 6.06. The van der Waals surface area contributed by atoms with Crippen LogP contribution in [0.4, 0.5) is 11.4 Å². The van der Waals surface area contributed by atoms with E-state index in [1.165, 1.54) is 0 Å². The number of anilines is 2. The fraction of sp³-hybridized carbons (Fsp3) is 0.353. The highest BCUT2D eigenvalue weighted by Crippen LogP contribution is 2.32. The van der Waals surface area contributed by atoms with Gasteiger partial charge < -0.3 is 19.9 Å². The van der Waals surface area contributed by atoms with Crippen LogP contribution in [0.2, 0.25) is 0 Å². The maximum absolute atomic E-state index is 12.6. The van der Waals surface area contributed by atoms with Crippen molar-refractivity contribution in [3.05, 3.63) is 35.2 Å². The summed E-state index contributed by atoms with van der Waals surface area (Å²) >= 11 is 0. The van der Waals surface area contributed by atoms with Crippen LogP contribution in [0.25, 0.3) is 0 Å². The second kappa shape index (κ2) is 5.99. The summed E-state index contributed by atoms with van der Waals surface area (Å²) in [6.45, 7) is 7.27. The molecule has 1 atom stereocenters. The monoisotopic (exact) mass is 329 g/mol. The molecule has 0 radical (unpaired) electrons. The first kappa shape index (κ1) is 16.0. The highest BCUT2D eigenvalue weighted by Gasteiger charge is 2.25. The standard InChI is InChI=1S/C17H19N3O4/c1-8(2)15-14(9(3)20-24-15)17(22)18-11-5-6-13-12(7-11)19-16(21)10(4)23-13/h5-8,10H,1-4H3,(H,18,22)(H,19,21)/t10-/m1/s1. The number of amides is 2. The Bertz CT molecular complexity index is 810. The quantitative estimate of drug-likeness (QED) is 0.902.